The quantitative estimate of drug-likeness (QED) is 0.750. The standard InChI is InChI=1S/C11H24N2O/c1-8(2)9(7-12)10(14)13(6)11(3,4)5/h8-9H,7,12H2,1-6H3. The maximum Gasteiger partial charge on any atom is 0.227 e. The van der Waals surface area contributed by atoms with Crippen LogP contribution in [0.3, 0.4) is 0 Å². The van der Waals surface area contributed by atoms with Crippen molar-refractivity contribution in [2.45, 2.75) is 40.2 Å². The van der Waals surface area contributed by atoms with Crippen LogP contribution in [0.5, 0.6) is 0 Å². The van der Waals surface area contributed by atoms with E-state index in [0.717, 1.165) is 0 Å². The SMILES string of the molecule is CC(C)C(CN)C(=O)N(C)C(C)(C)C. The minimum Gasteiger partial charge on any atom is -0.341 e. The smallest absolute Gasteiger partial charge is 0.227 e. The Kier molecular flexibility index (Phi) is 4.59. The minimum absolute atomic E-state index is 0.0563. The lowest BCUT2D eigenvalue weighted by Gasteiger charge is -2.35. The molecule has 3 nitrogen and oxygen atoms in total. The summed E-state index contributed by atoms with van der Waals surface area (Å²) in [6.45, 7) is 10.6. The fraction of sp³-hybridized carbons (Fsp3) is 0.909. The molecule has 1 amide bonds. The molecular formula is C11H24N2O. The maximum atomic E-state index is 12.0. The van der Waals surface area contributed by atoms with Crippen LogP contribution in [-0.4, -0.2) is 29.9 Å². The summed E-state index contributed by atoms with van der Waals surface area (Å²) in [5.74, 6) is 0.395. The van der Waals surface area contributed by atoms with E-state index in [1.54, 1.807) is 4.90 Å². The second kappa shape index (κ2) is 4.78. The summed E-state index contributed by atoms with van der Waals surface area (Å²) in [5.41, 5.74) is 5.48. The molecule has 1 atom stereocenters. The van der Waals surface area contributed by atoms with Crippen molar-refractivity contribution in [2.75, 3.05) is 13.6 Å². The van der Waals surface area contributed by atoms with Crippen molar-refractivity contribution in [1.29, 1.82) is 0 Å². The van der Waals surface area contributed by atoms with Crippen LogP contribution in [0.2, 0.25) is 0 Å². The molecular weight excluding hydrogens is 176 g/mol. The summed E-state index contributed by atoms with van der Waals surface area (Å²) < 4.78 is 0. The topological polar surface area (TPSA) is 46.3 Å². The number of carbonyl (C=O) groups is 1. The van der Waals surface area contributed by atoms with Gasteiger partial charge in [0.05, 0.1) is 5.92 Å². The van der Waals surface area contributed by atoms with Gasteiger partial charge in [-0.1, -0.05) is 13.8 Å². The average molecular weight is 200 g/mol. The lowest BCUT2D eigenvalue weighted by atomic mass is 9.93. The number of carbonyl (C=O) groups excluding carboxylic acids is 1. The fourth-order valence-electron chi connectivity index (χ4n) is 1.24. The molecule has 0 fully saturated rings. The third-order valence-corrected chi connectivity index (χ3v) is 2.71. The van der Waals surface area contributed by atoms with Gasteiger partial charge in [-0.05, 0) is 26.7 Å². The highest BCUT2D eigenvalue weighted by Gasteiger charge is 2.29. The number of hydrogen-bond donors (Lipinski definition) is 1. The van der Waals surface area contributed by atoms with Crippen LogP contribution in [0, 0.1) is 11.8 Å². The average Bonchev–Trinajstić information content (AvgIpc) is 2.01. The molecule has 0 saturated carbocycles. The lowest BCUT2D eigenvalue weighted by Crippen LogP contribution is -2.48. The third-order valence-electron chi connectivity index (χ3n) is 2.71. The zero-order valence-corrected chi connectivity index (χ0v) is 10.3. The molecule has 0 aliphatic heterocycles. The second-order valence-corrected chi connectivity index (χ2v) is 5.15. The molecule has 0 bridgehead atoms. The third kappa shape index (κ3) is 3.29. The van der Waals surface area contributed by atoms with Gasteiger partial charge in [-0.2, -0.15) is 0 Å². The molecule has 0 aromatic carbocycles. The molecule has 0 aromatic heterocycles. The lowest BCUT2D eigenvalue weighted by molar-refractivity contribution is -0.139. The Bertz CT molecular complexity index is 190. The van der Waals surface area contributed by atoms with Crippen LogP contribution in [-0.2, 0) is 4.79 Å². The molecule has 0 aromatic rings. The van der Waals surface area contributed by atoms with E-state index in [4.69, 9.17) is 5.73 Å². The van der Waals surface area contributed by atoms with E-state index in [9.17, 15) is 4.79 Å². The summed E-state index contributed by atoms with van der Waals surface area (Å²) in [6.07, 6.45) is 0. The van der Waals surface area contributed by atoms with Crippen molar-refractivity contribution in [1.82, 2.24) is 4.90 Å². The van der Waals surface area contributed by atoms with Crippen molar-refractivity contribution in [3.05, 3.63) is 0 Å². The zero-order valence-electron chi connectivity index (χ0n) is 10.3. The number of amides is 1. The van der Waals surface area contributed by atoms with Crippen LogP contribution < -0.4 is 5.73 Å². The maximum absolute atomic E-state index is 12.0. The summed E-state index contributed by atoms with van der Waals surface area (Å²) in [6, 6.07) is 0. The molecule has 84 valence electrons. The molecule has 0 aliphatic rings. The summed E-state index contributed by atoms with van der Waals surface area (Å²) in [7, 11) is 1.84. The normalized spacial score (nSPS) is 14.3. The Balaban J connectivity index is 4.59. The highest BCUT2D eigenvalue weighted by molar-refractivity contribution is 5.79. The van der Waals surface area contributed by atoms with Crippen molar-refractivity contribution in [3.8, 4) is 0 Å². The summed E-state index contributed by atoms with van der Waals surface area (Å²) in [4.78, 5) is 13.8. The highest BCUT2D eigenvalue weighted by atomic mass is 16.2. The molecule has 0 heterocycles. The van der Waals surface area contributed by atoms with Gasteiger partial charge in [0.15, 0.2) is 0 Å². The summed E-state index contributed by atoms with van der Waals surface area (Å²) in [5, 5.41) is 0. The van der Waals surface area contributed by atoms with E-state index in [-0.39, 0.29) is 17.4 Å². The molecule has 0 saturated heterocycles. The van der Waals surface area contributed by atoms with E-state index in [0.29, 0.717) is 12.5 Å². The van der Waals surface area contributed by atoms with Crippen molar-refractivity contribution in [3.63, 3.8) is 0 Å². The molecule has 0 aliphatic carbocycles. The van der Waals surface area contributed by atoms with Gasteiger partial charge in [0.2, 0.25) is 5.91 Å². The Hall–Kier alpha value is -0.570. The number of hydrogen-bond acceptors (Lipinski definition) is 2. The predicted octanol–water partition coefficient (Wildman–Crippen LogP) is 1.47. The predicted molar refractivity (Wildman–Crippen MR) is 59.9 cm³/mol. The van der Waals surface area contributed by atoms with Crippen LogP contribution in [0.4, 0.5) is 0 Å². The number of nitrogens with zero attached hydrogens (tertiary/aromatic N) is 1. The molecule has 0 rings (SSSR count). The van der Waals surface area contributed by atoms with Gasteiger partial charge in [-0.25, -0.2) is 0 Å². The van der Waals surface area contributed by atoms with Crippen LogP contribution >= 0.6 is 0 Å². The van der Waals surface area contributed by atoms with Gasteiger partial charge < -0.3 is 10.6 Å². The first-order chi connectivity index (χ1) is 6.21. The highest BCUT2D eigenvalue weighted by Crippen LogP contribution is 2.18. The van der Waals surface area contributed by atoms with Gasteiger partial charge in [0.1, 0.15) is 0 Å². The monoisotopic (exact) mass is 200 g/mol. The largest absolute Gasteiger partial charge is 0.341 e. The van der Waals surface area contributed by atoms with E-state index in [1.807, 2.05) is 41.7 Å². The van der Waals surface area contributed by atoms with E-state index in [1.165, 1.54) is 0 Å². The van der Waals surface area contributed by atoms with E-state index in [2.05, 4.69) is 0 Å². The molecule has 2 N–H and O–H groups in total. The molecule has 3 heteroatoms. The Morgan fingerprint density at radius 1 is 1.36 bits per heavy atom. The van der Waals surface area contributed by atoms with Crippen molar-refractivity contribution in [2.24, 2.45) is 17.6 Å². The Morgan fingerprint density at radius 3 is 2.00 bits per heavy atom. The van der Waals surface area contributed by atoms with Crippen molar-refractivity contribution < 1.29 is 4.79 Å². The first-order valence-corrected chi connectivity index (χ1v) is 5.19. The number of rotatable bonds is 3. The van der Waals surface area contributed by atoms with Crippen LogP contribution in [0.1, 0.15) is 34.6 Å². The molecule has 1 unspecified atom stereocenters. The van der Waals surface area contributed by atoms with E-state index < -0.39 is 0 Å². The van der Waals surface area contributed by atoms with Gasteiger partial charge in [-0.15, -0.1) is 0 Å². The molecule has 0 spiro atoms. The fourth-order valence-corrected chi connectivity index (χ4v) is 1.24. The van der Waals surface area contributed by atoms with Crippen molar-refractivity contribution >= 4 is 5.91 Å². The van der Waals surface area contributed by atoms with Crippen LogP contribution in [0.25, 0.3) is 0 Å². The first kappa shape index (κ1) is 13.4. The number of nitrogens with two attached hydrogens (primary N) is 1. The Morgan fingerprint density at radius 2 is 1.79 bits per heavy atom. The van der Waals surface area contributed by atoms with Crippen LogP contribution in [0.15, 0.2) is 0 Å². The summed E-state index contributed by atoms with van der Waals surface area (Å²) >= 11 is 0. The minimum atomic E-state index is -0.126. The van der Waals surface area contributed by atoms with E-state index >= 15 is 0 Å². The van der Waals surface area contributed by atoms with Gasteiger partial charge in [0.25, 0.3) is 0 Å². The van der Waals surface area contributed by atoms with Gasteiger partial charge in [0, 0.05) is 19.1 Å². The van der Waals surface area contributed by atoms with Gasteiger partial charge in [-0.3, -0.25) is 4.79 Å². The van der Waals surface area contributed by atoms with Gasteiger partial charge >= 0.3 is 0 Å². The second-order valence-electron chi connectivity index (χ2n) is 5.15. The molecule has 14 heavy (non-hydrogen) atoms. The zero-order chi connectivity index (χ0) is 11.5. The Labute approximate surface area is 87.6 Å². The molecule has 0 radical (unpaired) electrons. The first-order valence-electron chi connectivity index (χ1n) is 5.19.